The Balaban J connectivity index is 1.18. The maximum absolute atomic E-state index is 13.7. The van der Waals surface area contributed by atoms with Crippen LogP contribution in [0.1, 0.15) is 59.3 Å². The zero-order chi connectivity index (χ0) is 28.9. The predicted octanol–water partition coefficient (Wildman–Crippen LogP) is 6.92. The minimum Gasteiger partial charge on any atom is -0.469 e. The van der Waals surface area contributed by atoms with Crippen LogP contribution in [-0.2, 0) is 6.42 Å². The number of furan rings is 1. The van der Waals surface area contributed by atoms with Gasteiger partial charge in [0.25, 0.3) is 5.91 Å². The van der Waals surface area contributed by atoms with Crippen molar-refractivity contribution in [3.8, 4) is 0 Å². The van der Waals surface area contributed by atoms with Gasteiger partial charge in [0, 0.05) is 44.1 Å². The van der Waals surface area contributed by atoms with Gasteiger partial charge in [0.05, 0.1) is 23.5 Å². The van der Waals surface area contributed by atoms with E-state index >= 15 is 0 Å². The minimum atomic E-state index is -0.0404. The van der Waals surface area contributed by atoms with E-state index in [2.05, 4.69) is 70.7 Å². The molecule has 1 saturated heterocycles. The van der Waals surface area contributed by atoms with Gasteiger partial charge >= 0.3 is 0 Å². The summed E-state index contributed by atoms with van der Waals surface area (Å²) < 4.78 is 5.57. The molecular weight excluding hydrogens is 522 g/mol. The summed E-state index contributed by atoms with van der Waals surface area (Å²) in [6.45, 7) is 4.01. The molecule has 0 bridgehead atoms. The molecule has 7 nitrogen and oxygen atoms in total. The van der Waals surface area contributed by atoms with Crippen LogP contribution in [0, 0.1) is 0 Å². The number of benzene rings is 3. The van der Waals surface area contributed by atoms with Gasteiger partial charge in [-0.15, -0.1) is 0 Å². The predicted molar refractivity (Wildman–Crippen MR) is 168 cm³/mol. The molecule has 0 spiro atoms. The Hall–Kier alpha value is -4.36. The number of likely N-dealkylation sites (N-methyl/N-ethyl adjacent to an activating group) is 1. The Bertz CT molecular complexity index is 1570. The number of aromatic nitrogens is 2. The van der Waals surface area contributed by atoms with E-state index in [0.29, 0.717) is 12.5 Å². The summed E-state index contributed by atoms with van der Waals surface area (Å²) in [5.41, 5.74) is 5.13. The summed E-state index contributed by atoms with van der Waals surface area (Å²) in [5.74, 6) is 2.00. The van der Waals surface area contributed by atoms with Crippen LogP contribution in [0.4, 0.5) is 5.95 Å². The summed E-state index contributed by atoms with van der Waals surface area (Å²) in [6.07, 6.45) is 5.25. The number of likely N-dealkylation sites (tertiary alicyclic amines) is 1. The number of imidazole rings is 1. The molecule has 0 radical (unpaired) electrons. The number of carbonyl (C=O) groups is 1. The monoisotopic (exact) mass is 561 g/mol. The summed E-state index contributed by atoms with van der Waals surface area (Å²) in [4.78, 5) is 26.5. The first-order valence-electron chi connectivity index (χ1n) is 15.0. The molecule has 1 aliphatic heterocycles. The smallest absolute Gasteiger partial charge is 0.254 e. The quantitative estimate of drug-likeness (QED) is 0.194. The summed E-state index contributed by atoms with van der Waals surface area (Å²) in [6, 6.07) is 30.7. The third kappa shape index (κ3) is 5.97. The van der Waals surface area contributed by atoms with Gasteiger partial charge in [-0.1, -0.05) is 67.6 Å². The van der Waals surface area contributed by atoms with Crippen molar-refractivity contribution in [2.75, 3.05) is 25.5 Å². The Labute approximate surface area is 247 Å². The van der Waals surface area contributed by atoms with Crippen molar-refractivity contribution in [3.63, 3.8) is 0 Å². The lowest BCUT2D eigenvalue weighted by Gasteiger charge is -2.45. The van der Waals surface area contributed by atoms with Crippen LogP contribution in [0.2, 0.25) is 0 Å². The zero-order valence-corrected chi connectivity index (χ0v) is 24.4. The van der Waals surface area contributed by atoms with E-state index in [9.17, 15) is 4.79 Å². The molecule has 7 heteroatoms. The van der Waals surface area contributed by atoms with E-state index in [1.165, 1.54) is 5.56 Å². The number of hydrogen-bond acceptors (Lipinski definition) is 5. The number of H-pyrrole nitrogens is 1. The highest BCUT2D eigenvalue weighted by Gasteiger charge is 2.36. The lowest BCUT2D eigenvalue weighted by atomic mass is 9.90. The number of carbonyl (C=O) groups excluding carboxylic acids is 1. The van der Waals surface area contributed by atoms with Crippen LogP contribution in [0.3, 0.4) is 0 Å². The highest BCUT2D eigenvalue weighted by Crippen LogP contribution is 2.32. The number of nitrogens with zero attached hydrogens (tertiary/aromatic N) is 3. The molecule has 0 saturated carbocycles. The molecule has 2 N–H and O–H groups in total. The van der Waals surface area contributed by atoms with Crippen molar-refractivity contribution in [2.24, 2.45) is 0 Å². The maximum Gasteiger partial charge on any atom is 0.254 e. The molecule has 1 fully saturated rings. The Morgan fingerprint density at radius 2 is 1.74 bits per heavy atom. The molecule has 2 atom stereocenters. The van der Waals surface area contributed by atoms with Gasteiger partial charge in [0.2, 0.25) is 5.95 Å². The molecule has 5 aromatic rings. The Morgan fingerprint density at radius 3 is 2.43 bits per heavy atom. The van der Waals surface area contributed by atoms with Crippen molar-refractivity contribution in [3.05, 3.63) is 120 Å². The van der Waals surface area contributed by atoms with E-state index in [-0.39, 0.29) is 18.0 Å². The molecule has 42 heavy (non-hydrogen) atoms. The molecule has 1 aliphatic rings. The molecule has 0 aliphatic carbocycles. The van der Waals surface area contributed by atoms with Crippen LogP contribution in [0.25, 0.3) is 11.0 Å². The van der Waals surface area contributed by atoms with Crippen molar-refractivity contribution in [2.45, 2.75) is 50.7 Å². The molecule has 1 amide bonds. The average molecular weight is 562 g/mol. The molecule has 6 rings (SSSR count). The van der Waals surface area contributed by atoms with Crippen molar-refractivity contribution < 1.29 is 9.21 Å². The lowest BCUT2D eigenvalue weighted by Crippen LogP contribution is -2.55. The van der Waals surface area contributed by atoms with E-state index in [1.54, 1.807) is 6.26 Å². The first-order valence-corrected chi connectivity index (χ1v) is 15.0. The maximum atomic E-state index is 13.7. The normalized spacial score (nSPS) is 15.9. The largest absolute Gasteiger partial charge is 0.469 e. The fraction of sp³-hybridized carbons (Fsp3) is 0.314. The van der Waals surface area contributed by atoms with Crippen LogP contribution in [0.15, 0.2) is 102 Å². The molecule has 2 aromatic heterocycles. The fourth-order valence-electron chi connectivity index (χ4n) is 6.40. The number of anilines is 1. The number of para-hydroxylation sites is 1. The number of amides is 1. The van der Waals surface area contributed by atoms with E-state index < -0.39 is 0 Å². The van der Waals surface area contributed by atoms with E-state index in [4.69, 9.17) is 9.40 Å². The fourth-order valence-corrected chi connectivity index (χ4v) is 6.40. The Kier molecular flexibility index (Phi) is 8.38. The standard InChI is InChI=1S/C35H39N5O2/c1-3-30(25-12-6-4-7-13-25)33(39(2)34(41)26-14-8-5-9-15-26)40-21-19-28(20-22-40)36-35-37-31-18-10-16-27(32(31)38-35)24-29-17-11-23-42-29/h4-18,23,28,30,33H,3,19-22,24H2,1-2H3,(H2,36,37,38). The first-order chi connectivity index (χ1) is 20.6. The molecule has 2 unspecified atom stereocenters. The van der Waals surface area contributed by atoms with Gasteiger partial charge in [-0.05, 0) is 60.7 Å². The van der Waals surface area contributed by atoms with E-state index in [1.807, 2.05) is 54.4 Å². The molecule has 3 heterocycles. The van der Waals surface area contributed by atoms with Crippen LogP contribution < -0.4 is 5.32 Å². The van der Waals surface area contributed by atoms with Crippen LogP contribution in [-0.4, -0.2) is 58.0 Å². The van der Waals surface area contributed by atoms with Gasteiger partial charge in [-0.3, -0.25) is 9.69 Å². The van der Waals surface area contributed by atoms with Gasteiger partial charge in [-0.2, -0.15) is 0 Å². The van der Waals surface area contributed by atoms with E-state index in [0.717, 1.165) is 66.2 Å². The molecular formula is C35H39N5O2. The number of rotatable bonds is 10. The zero-order valence-electron chi connectivity index (χ0n) is 24.4. The van der Waals surface area contributed by atoms with Gasteiger partial charge in [0.1, 0.15) is 5.76 Å². The lowest BCUT2D eigenvalue weighted by molar-refractivity contribution is 0.0201. The van der Waals surface area contributed by atoms with Crippen LogP contribution >= 0.6 is 0 Å². The SMILES string of the molecule is CCC(c1ccccc1)C(N1CCC(Nc2nc3c(Cc4ccco4)cccc3[nH]2)CC1)N(C)C(=O)c1ccccc1. The highest BCUT2D eigenvalue weighted by molar-refractivity contribution is 5.94. The van der Waals surface area contributed by atoms with Crippen molar-refractivity contribution in [1.82, 2.24) is 19.8 Å². The number of aromatic amines is 1. The third-order valence-corrected chi connectivity index (χ3v) is 8.55. The van der Waals surface area contributed by atoms with Gasteiger partial charge < -0.3 is 19.6 Å². The third-order valence-electron chi connectivity index (χ3n) is 8.55. The average Bonchev–Trinajstić information content (AvgIpc) is 3.71. The number of fused-ring (bicyclic) bond motifs is 1. The van der Waals surface area contributed by atoms with Crippen LogP contribution in [0.5, 0.6) is 0 Å². The van der Waals surface area contributed by atoms with Gasteiger partial charge in [-0.25, -0.2) is 4.98 Å². The Morgan fingerprint density at radius 1 is 1.00 bits per heavy atom. The second-order valence-electron chi connectivity index (χ2n) is 11.2. The highest BCUT2D eigenvalue weighted by atomic mass is 16.3. The molecule has 216 valence electrons. The van der Waals surface area contributed by atoms with Crippen molar-refractivity contribution in [1.29, 1.82) is 0 Å². The first kappa shape index (κ1) is 27.8. The number of piperidine rings is 1. The number of nitrogens with one attached hydrogen (secondary N) is 2. The van der Waals surface area contributed by atoms with Gasteiger partial charge in [0.15, 0.2) is 0 Å². The van der Waals surface area contributed by atoms with Crippen molar-refractivity contribution >= 4 is 22.9 Å². The molecule has 3 aromatic carbocycles. The topological polar surface area (TPSA) is 77.4 Å². The minimum absolute atomic E-state index is 0.0404. The summed E-state index contributed by atoms with van der Waals surface area (Å²) >= 11 is 0. The number of hydrogen-bond donors (Lipinski definition) is 2. The summed E-state index contributed by atoms with van der Waals surface area (Å²) in [7, 11) is 1.96. The second-order valence-corrected chi connectivity index (χ2v) is 11.2. The summed E-state index contributed by atoms with van der Waals surface area (Å²) in [5, 5.41) is 3.67. The second kappa shape index (κ2) is 12.7.